The zero-order valence-electron chi connectivity index (χ0n) is 13.2. The van der Waals surface area contributed by atoms with Crippen LogP contribution in [0.2, 0.25) is 0 Å². The third kappa shape index (κ3) is 3.22. The Morgan fingerprint density at radius 3 is 2.57 bits per heavy atom. The minimum atomic E-state index is -1.20. The molecule has 0 aromatic heterocycles. The first kappa shape index (κ1) is 17.8. The summed E-state index contributed by atoms with van der Waals surface area (Å²) < 4.78 is 0. The van der Waals surface area contributed by atoms with Crippen molar-refractivity contribution in [2.45, 2.75) is 37.3 Å². The minimum Gasteiger partial charge on any atom is -0.477 e. The number of aliphatic hydroxyl groups excluding tert-OH is 1. The topological polar surface area (TPSA) is 124 Å². The summed E-state index contributed by atoms with van der Waals surface area (Å²) in [6.45, 7) is 1.52. The molecule has 9 heteroatoms. The Bertz CT molecular complexity index is 575. The normalized spacial score (nSPS) is 25.8. The molecule has 0 aromatic rings. The summed E-state index contributed by atoms with van der Waals surface area (Å²) >= 11 is 1.11. The summed E-state index contributed by atoms with van der Waals surface area (Å²) in [5.41, 5.74) is 5.86. The Morgan fingerprint density at radius 2 is 2.09 bits per heavy atom. The molecule has 4 atom stereocenters. The number of thioether (sulfide) groups is 1. The van der Waals surface area contributed by atoms with Crippen LogP contribution in [0, 0.1) is 5.92 Å². The summed E-state index contributed by atoms with van der Waals surface area (Å²) in [7, 11) is 3.24. The molecular formula is C14H21N3O5S. The Balaban J connectivity index is 2.13. The average molecular weight is 343 g/mol. The molecule has 0 aromatic carbocycles. The van der Waals surface area contributed by atoms with E-state index in [2.05, 4.69) is 0 Å². The fraction of sp³-hybridized carbons (Fsp3) is 0.643. The number of fused-ring (bicyclic) bond motifs is 1. The van der Waals surface area contributed by atoms with Crippen molar-refractivity contribution < 1.29 is 24.6 Å². The van der Waals surface area contributed by atoms with E-state index in [4.69, 9.17) is 5.73 Å². The van der Waals surface area contributed by atoms with Crippen LogP contribution in [0.5, 0.6) is 0 Å². The number of aliphatic hydroxyl groups is 1. The maximum Gasteiger partial charge on any atom is 0.353 e. The number of aliphatic carboxylic acids is 1. The van der Waals surface area contributed by atoms with Crippen LogP contribution in [0.25, 0.3) is 0 Å². The number of nitrogens with two attached hydrogens (primary N) is 1. The Labute approximate surface area is 138 Å². The summed E-state index contributed by atoms with van der Waals surface area (Å²) in [5, 5.41) is 18.5. The molecule has 1 unspecified atom stereocenters. The number of nitrogens with zero attached hydrogens (tertiary/aromatic N) is 2. The van der Waals surface area contributed by atoms with E-state index in [1.54, 1.807) is 14.1 Å². The Hall–Kier alpha value is -1.58. The summed E-state index contributed by atoms with van der Waals surface area (Å²) in [4.78, 5) is 38.4. The Kier molecular flexibility index (Phi) is 5.02. The van der Waals surface area contributed by atoms with Gasteiger partial charge >= 0.3 is 5.97 Å². The van der Waals surface area contributed by atoms with E-state index in [-0.39, 0.29) is 30.0 Å². The smallest absolute Gasteiger partial charge is 0.353 e. The highest BCUT2D eigenvalue weighted by molar-refractivity contribution is 8.03. The molecular weight excluding hydrogens is 322 g/mol. The van der Waals surface area contributed by atoms with Crippen molar-refractivity contribution in [2.75, 3.05) is 14.1 Å². The lowest BCUT2D eigenvalue weighted by molar-refractivity contribution is -0.161. The molecule has 2 aliphatic heterocycles. The highest BCUT2D eigenvalue weighted by Gasteiger charge is 2.56. The van der Waals surface area contributed by atoms with Crippen molar-refractivity contribution in [3.05, 3.63) is 10.6 Å². The van der Waals surface area contributed by atoms with Gasteiger partial charge in [0.15, 0.2) is 0 Å². The number of carbonyl (C=O) groups excluding carboxylic acids is 2. The van der Waals surface area contributed by atoms with E-state index in [9.17, 15) is 24.6 Å². The van der Waals surface area contributed by atoms with Gasteiger partial charge in [0.25, 0.3) is 0 Å². The fourth-order valence-electron chi connectivity index (χ4n) is 2.92. The monoisotopic (exact) mass is 343 g/mol. The number of rotatable bonds is 6. The molecule has 2 amide bonds. The van der Waals surface area contributed by atoms with Gasteiger partial charge in [-0.15, -0.1) is 11.8 Å². The molecule has 2 aliphatic rings. The van der Waals surface area contributed by atoms with E-state index in [1.807, 2.05) is 0 Å². The van der Waals surface area contributed by atoms with Gasteiger partial charge in [-0.05, 0) is 6.92 Å². The van der Waals surface area contributed by atoms with Gasteiger partial charge in [-0.25, -0.2) is 4.79 Å². The van der Waals surface area contributed by atoms with Gasteiger partial charge in [0.2, 0.25) is 11.8 Å². The molecule has 0 spiro atoms. The molecule has 0 radical (unpaired) electrons. The Morgan fingerprint density at radius 1 is 1.48 bits per heavy atom. The van der Waals surface area contributed by atoms with Gasteiger partial charge in [0, 0.05) is 25.4 Å². The maximum absolute atomic E-state index is 12.1. The van der Waals surface area contributed by atoms with Crippen LogP contribution >= 0.6 is 11.8 Å². The van der Waals surface area contributed by atoms with Crippen LogP contribution < -0.4 is 5.73 Å². The van der Waals surface area contributed by atoms with E-state index < -0.39 is 23.4 Å². The van der Waals surface area contributed by atoms with Crippen LogP contribution in [0.4, 0.5) is 0 Å². The quantitative estimate of drug-likeness (QED) is 0.434. The van der Waals surface area contributed by atoms with Gasteiger partial charge in [0.1, 0.15) is 5.70 Å². The number of β-lactam (4-membered cyclic amide) rings is 1. The minimum absolute atomic E-state index is 0.0744. The van der Waals surface area contributed by atoms with E-state index in [0.29, 0.717) is 11.3 Å². The summed E-state index contributed by atoms with van der Waals surface area (Å²) in [6.07, 6.45) is -0.406. The number of hydrogen-bond donors (Lipinski definition) is 3. The highest BCUT2D eigenvalue weighted by Crippen LogP contribution is 2.47. The molecule has 4 N–H and O–H groups in total. The number of carboxylic acids is 1. The average Bonchev–Trinajstić information content (AvgIpc) is 2.72. The highest BCUT2D eigenvalue weighted by atomic mass is 32.2. The van der Waals surface area contributed by atoms with Crippen LogP contribution in [0.15, 0.2) is 10.6 Å². The molecule has 1 fully saturated rings. The molecule has 23 heavy (non-hydrogen) atoms. The van der Waals surface area contributed by atoms with Crippen molar-refractivity contribution >= 4 is 29.5 Å². The van der Waals surface area contributed by atoms with Crippen LogP contribution in [-0.2, 0) is 14.4 Å². The maximum atomic E-state index is 12.1. The second-order valence-electron chi connectivity index (χ2n) is 5.97. The molecule has 8 nitrogen and oxygen atoms in total. The molecule has 128 valence electrons. The second-order valence-corrected chi connectivity index (χ2v) is 7.31. The largest absolute Gasteiger partial charge is 0.477 e. The van der Waals surface area contributed by atoms with Crippen molar-refractivity contribution in [3.8, 4) is 0 Å². The number of hydrogen-bond acceptors (Lipinski definition) is 6. The molecule has 2 rings (SSSR count). The van der Waals surface area contributed by atoms with Crippen LogP contribution in [-0.4, -0.2) is 69.4 Å². The molecule has 2 heterocycles. The van der Waals surface area contributed by atoms with Crippen molar-refractivity contribution in [1.29, 1.82) is 0 Å². The fourth-order valence-corrected chi connectivity index (χ4v) is 4.07. The van der Waals surface area contributed by atoms with Crippen LogP contribution in [0.1, 0.15) is 19.8 Å². The first-order valence-corrected chi connectivity index (χ1v) is 8.13. The van der Waals surface area contributed by atoms with Gasteiger partial charge in [-0.1, -0.05) is 0 Å². The SMILES string of the molecule is C[C@H](O)[C@H]1C(=O)N2C(C(=O)O)=C(SC(N)CC(=O)N(C)C)C[C@H]12. The second kappa shape index (κ2) is 6.50. The molecule has 0 saturated carbocycles. The van der Waals surface area contributed by atoms with Crippen molar-refractivity contribution in [2.24, 2.45) is 11.7 Å². The lowest BCUT2D eigenvalue weighted by Crippen LogP contribution is -2.61. The summed E-state index contributed by atoms with van der Waals surface area (Å²) in [5.74, 6) is -2.31. The predicted molar refractivity (Wildman–Crippen MR) is 84.0 cm³/mol. The molecule has 1 saturated heterocycles. The standard InChI is InChI=1S/C14H21N3O5S/c1-6(18)11-7-4-8(12(14(21)22)17(7)13(11)20)23-9(15)5-10(19)16(2)3/h6-7,9,11,18H,4-5,15H2,1-3H3,(H,21,22)/t6-,7+,9?,11+/m0/s1. The molecule has 0 bridgehead atoms. The summed E-state index contributed by atoms with van der Waals surface area (Å²) in [6, 6.07) is -0.340. The van der Waals surface area contributed by atoms with Crippen molar-refractivity contribution in [3.63, 3.8) is 0 Å². The van der Waals surface area contributed by atoms with E-state index >= 15 is 0 Å². The lowest BCUT2D eigenvalue weighted by atomic mass is 9.83. The third-order valence-corrected chi connectivity index (χ3v) is 5.17. The lowest BCUT2D eigenvalue weighted by Gasteiger charge is -2.44. The molecule has 0 aliphatic carbocycles. The van der Waals surface area contributed by atoms with E-state index in [1.165, 1.54) is 16.7 Å². The van der Waals surface area contributed by atoms with E-state index in [0.717, 1.165) is 11.8 Å². The van der Waals surface area contributed by atoms with Gasteiger partial charge in [-0.3, -0.25) is 9.59 Å². The van der Waals surface area contributed by atoms with Gasteiger partial charge in [-0.2, -0.15) is 0 Å². The zero-order valence-corrected chi connectivity index (χ0v) is 14.0. The number of amides is 2. The first-order chi connectivity index (χ1) is 10.6. The number of carbonyl (C=O) groups is 3. The van der Waals surface area contributed by atoms with Crippen LogP contribution in [0.3, 0.4) is 0 Å². The predicted octanol–water partition coefficient (Wildman–Crippen LogP) is -0.610. The van der Waals surface area contributed by atoms with Crippen molar-refractivity contribution in [1.82, 2.24) is 9.80 Å². The third-order valence-electron chi connectivity index (χ3n) is 4.06. The zero-order chi connectivity index (χ0) is 17.5. The first-order valence-electron chi connectivity index (χ1n) is 7.25. The van der Waals surface area contributed by atoms with Gasteiger partial charge < -0.3 is 25.7 Å². The number of carboxylic acid groups (broad SMARTS) is 1. The van der Waals surface area contributed by atoms with Gasteiger partial charge in [0.05, 0.1) is 29.9 Å².